The molecule has 1 aliphatic rings. The Hall–Kier alpha value is -1.21. The SMILES string of the molecule is COC(=O)C1C(C[N+](=O)[O-])C(C)(C)N([O])C1(C)C. The van der Waals surface area contributed by atoms with Gasteiger partial charge in [0.15, 0.2) is 0 Å². The van der Waals surface area contributed by atoms with E-state index in [4.69, 9.17) is 4.74 Å². The van der Waals surface area contributed by atoms with Crippen molar-refractivity contribution in [3.8, 4) is 0 Å². The maximum absolute atomic E-state index is 12.3. The predicted molar refractivity (Wildman–Crippen MR) is 61.5 cm³/mol. The van der Waals surface area contributed by atoms with Crippen molar-refractivity contribution in [2.24, 2.45) is 11.8 Å². The van der Waals surface area contributed by atoms with Crippen molar-refractivity contribution in [2.45, 2.75) is 38.8 Å². The molecule has 0 aliphatic carbocycles. The molecule has 7 heteroatoms. The van der Waals surface area contributed by atoms with Crippen molar-refractivity contribution in [2.75, 3.05) is 13.7 Å². The number of methoxy groups -OCH3 is 1. The molecule has 103 valence electrons. The molecular weight excluding hydrogens is 240 g/mol. The minimum absolute atomic E-state index is 0.422. The van der Waals surface area contributed by atoms with Crippen LogP contribution in [0.3, 0.4) is 0 Å². The summed E-state index contributed by atoms with van der Waals surface area (Å²) in [6.07, 6.45) is 0. The first kappa shape index (κ1) is 14.8. The molecule has 0 N–H and O–H groups in total. The van der Waals surface area contributed by atoms with Crippen LogP contribution in [0.15, 0.2) is 0 Å². The number of rotatable bonds is 3. The molecule has 1 fully saturated rings. The second kappa shape index (κ2) is 4.47. The van der Waals surface area contributed by atoms with Gasteiger partial charge in [-0.15, -0.1) is 10.3 Å². The van der Waals surface area contributed by atoms with Crippen molar-refractivity contribution >= 4 is 5.97 Å². The molecule has 0 aromatic heterocycles. The fraction of sp³-hybridized carbons (Fsp3) is 0.909. The van der Waals surface area contributed by atoms with Gasteiger partial charge in [0.05, 0.1) is 30.0 Å². The zero-order chi connectivity index (χ0) is 14.3. The van der Waals surface area contributed by atoms with Gasteiger partial charge in [0.25, 0.3) is 0 Å². The average Bonchev–Trinajstić information content (AvgIpc) is 2.36. The number of carbonyl (C=O) groups is 1. The molecule has 1 radical (unpaired) electrons. The Morgan fingerprint density at radius 3 is 2.22 bits per heavy atom. The molecule has 0 bridgehead atoms. The molecule has 0 saturated carbocycles. The third kappa shape index (κ3) is 2.08. The maximum atomic E-state index is 12.3. The van der Waals surface area contributed by atoms with Crippen LogP contribution < -0.4 is 0 Å². The van der Waals surface area contributed by atoms with E-state index in [0.717, 1.165) is 5.06 Å². The summed E-state index contributed by atoms with van der Waals surface area (Å²) >= 11 is 0. The number of ether oxygens (including phenoxy) is 1. The van der Waals surface area contributed by atoms with Gasteiger partial charge in [-0.25, -0.2) is 0 Å². The zero-order valence-corrected chi connectivity index (χ0v) is 11.3. The van der Waals surface area contributed by atoms with E-state index in [1.54, 1.807) is 27.7 Å². The number of esters is 1. The van der Waals surface area contributed by atoms with E-state index >= 15 is 0 Å². The largest absolute Gasteiger partial charge is 0.469 e. The Morgan fingerprint density at radius 1 is 1.33 bits per heavy atom. The Bertz CT molecular complexity index is 366. The minimum Gasteiger partial charge on any atom is -0.469 e. The molecule has 0 amide bonds. The summed E-state index contributed by atoms with van der Waals surface area (Å²) in [7, 11) is 1.22. The van der Waals surface area contributed by atoms with Gasteiger partial charge in [0.2, 0.25) is 6.54 Å². The molecule has 1 heterocycles. The molecule has 7 nitrogen and oxygen atoms in total. The van der Waals surface area contributed by atoms with Gasteiger partial charge >= 0.3 is 5.97 Å². The van der Waals surface area contributed by atoms with E-state index in [9.17, 15) is 20.1 Å². The van der Waals surface area contributed by atoms with E-state index in [-0.39, 0.29) is 0 Å². The third-order valence-electron chi connectivity index (χ3n) is 3.92. The van der Waals surface area contributed by atoms with Gasteiger partial charge < -0.3 is 4.74 Å². The van der Waals surface area contributed by atoms with E-state index in [2.05, 4.69) is 0 Å². The molecule has 18 heavy (non-hydrogen) atoms. The molecule has 2 atom stereocenters. The van der Waals surface area contributed by atoms with Gasteiger partial charge in [-0.05, 0) is 27.7 Å². The van der Waals surface area contributed by atoms with Crippen LogP contribution >= 0.6 is 0 Å². The van der Waals surface area contributed by atoms with Crippen LogP contribution in [0.25, 0.3) is 0 Å². The summed E-state index contributed by atoms with van der Waals surface area (Å²) in [5, 5.41) is 23.8. The Balaban J connectivity index is 3.23. The molecule has 0 aromatic carbocycles. The molecule has 1 saturated heterocycles. The topological polar surface area (TPSA) is 92.6 Å². The first-order valence-electron chi connectivity index (χ1n) is 5.74. The van der Waals surface area contributed by atoms with Gasteiger partial charge in [0, 0.05) is 4.92 Å². The van der Waals surface area contributed by atoms with E-state index in [1.807, 2.05) is 0 Å². The van der Waals surface area contributed by atoms with Crippen molar-refractivity contribution in [3.05, 3.63) is 10.1 Å². The lowest BCUT2D eigenvalue weighted by atomic mass is 9.77. The number of hydroxylamine groups is 2. The summed E-state index contributed by atoms with van der Waals surface area (Å²) in [6.45, 7) is 6.05. The summed E-state index contributed by atoms with van der Waals surface area (Å²) in [5.74, 6) is -2.05. The first-order valence-corrected chi connectivity index (χ1v) is 5.74. The lowest BCUT2D eigenvalue weighted by Gasteiger charge is -2.33. The Morgan fingerprint density at radius 2 is 1.83 bits per heavy atom. The highest BCUT2D eigenvalue weighted by molar-refractivity contribution is 5.75. The Kier molecular flexibility index (Phi) is 3.69. The molecule has 1 rings (SSSR count). The van der Waals surface area contributed by atoms with Crippen LogP contribution in [0.1, 0.15) is 27.7 Å². The molecule has 1 aliphatic heterocycles. The quantitative estimate of drug-likeness (QED) is 0.426. The fourth-order valence-electron chi connectivity index (χ4n) is 2.99. The smallest absolute Gasteiger partial charge is 0.311 e. The standard InChI is InChI=1S/C11H19N2O5/c1-10(2)7(6-12(15)16)8(9(14)18-5)11(3,4)13(10)17/h7-8H,6H2,1-5H3. The lowest BCUT2D eigenvalue weighted by Crippen LogP contribution is -2.47. The van der Waals surface area contributed by atoms with Crippen LogP contribution in [0, 0.1) is 22.0 Å². The fourth-order valence-corrected chi connectivity index (χ4v) is 2.99. The lowest BCUT2D eigenvalue weighted by molar-refractivity contribution is -0.492. The van der Waals surface area contributed by atoms with Crippen LogP contribution in [0.2, 0.25) is 0 Å². The van der Waals surface area contributed by atoms with Crippen molar-refractivity contribution in [1.29, 1.82) is 0 Å². The summed E-state index contributed by atoms with van der Waals surface area (Å²) < 4.78 is 4.70. The molecule has 2 unspecified atom stereocenters. The summed E-state index contributed by atoms with van der Waals surface area (Å²) in [5.41, 5.74) is -1.99. The first-order chi connectivity index (χ1) is 8.06. The highest BCUT2D eigenvalue weighted by atomic mass is 16.6. The van der Waals surface area contributed by atoms with Crippen LogP contribution in [0.5, 0.6) is 0 Å². The van der Waals surface area contributed by atoms with Crippen molar-refractivity contribution in [3.63, 3.8) is 0 Å². The van der Waals surface area contributed by atoms with Crippen LogP contribution in [-0.4, -0.2) is 40.7 Å². The highest BCUT2D eigenvalue weighted by Gasteiger charge is 2.63. The second-order valence-electron chi connectivity index (χ2n) is 5.72. The number of carbonyl (C=O) groups excluding carboxylic acids is 1. The van der Waals surface area contributed by atoms with Crippen molar-refractivity contribution < 1.29 is 19.7 Å². The summed E-state index contributed by atoms with van der Waals surface area (Å²) in [6, 6.07) is 0. The molecule has 0 aromatic rings. The molecule has 0 spiro atoms. The average molecular weight is 259 g/mol. The van der Waals surface area contributed by atoms with E-state index in [1.165, 1.54) is 7.11 Å². The zero-order valence-electron chi connectivity index (χ0n) is 11.3. The monoisotopic (exact) mass is 259 g/mol. The Labute approximate surface area is 106 Å². The van der Waals surface area contributed by atoms with Gasteiger partial charge in [-0.1, -0.05) is 0 Å². The van der Waals surface area contributed by atoms with E-state index in [0.29, 0.717) is 0 Å². The second-order valence-corrected chi connectivity index (χ2v) is 5.72. The number of nitro groups is 1. The van der Waals surface area contributed by atoms with Crippen molar-refractivity contribution in [1.82, 2.24) is 5.06 Å². The summed E-state index contributed by atoms with van der Waals surface area (Å²) in [4.78, 5) is 22.1. The molecular formula is C11H19N2O5. The number of hydrogen-bond acceptors (Lipinski definition) is 5. The predicted octanol–water partition coefficient (Wildman–Crippen LogP) is 0.887. The van der Waals surface area contributed by atoms with Gasteiger partial charge in [0.1, 0.15) is 0 Å². The normalized spacial score (nSPS) is 30.1. The van der Waals surface area contributed by atoms with Gasteiger partial charge in [-0.2, -0.15) is 0 Å². The number of hydrogen-bond donors (Lipinski definition) is 0. The number of nitrogens with zero attached hydrogens (tertiary/aromatic N) is 2. The highest BCUT2D eigenvalue weighted by Crippen LogP contribution is 2.48. The van der Waals surface area contributed by atoms with E-state index < -0.39 is 40.4 Å². The van der Waals surface area contributed by atoms with Gasteiger partial charge in [-0.3, -0.25) is 14.9 Å². The van der Waals surface area contributed by atoms with Crippen LogP contribution in [0.4, 0.5) is 0 Å². The third-order valence-corrected chi connectivity index (χ3v) is 3.92. The minimum atomic E-state index is -1.02. The maximum Gasteiger partial charge on any atom is 0.311 e. The van der Waals surface area contributed by atoms with Crippen LogP contribution in [-0.2, 0) is 14.7 Å².